The number of hydrogen-bond acceptors (Lipinski definition) is 2. The summed E-state index contributed by atoms with van der Waals surface area (Å²) in [6.45, 7) is 2.92. The maximum Gasteiger partial charge on any atom is 0.328 e. The Bertz CT molecular complexity index is 513. The van der Waals surface area contributed by atoms with Gasteiger partial charge in [-0.15, -0.1) is 0 Å². The minimum atomic E-state index is -1.02. The molecule has 108 valence electrons. The van der Waals surface area contributed by atoms with E-state index in [1.165, 1.54) is 12.1 Å². The van der Waals surface area contributed by atoms with E-state index in [0.29, 0.717) is 11.3 Å². The van der Waals surface area contributed by atoms with Gasteiger partial charge in [0, 0.05) is 24.2 Å². The SMILES string of the molecule is CC1CCCCCN1c1c(F)cccc1/C=C/C(=O)O. The van der Waals surface area contributed by atoms with Crippen molar-refractivity contribution in [3.8, 4) is 0 Å². The summed E-state index contributed by atoms with van der Waals surface area (Å²) in [6, 6.07) is 5.08. The Morgan fingerprint density at radius 3 is 2.95 bits per heavy atom. The van der Waals surface area contributed by atoms with Crippen LogP contribution in [-0.2, 0) is 4.79 Å². The molecule has 0 aliphatic carbocycles. The zero-order valence-electron chi connectivity index (χ0n) is 11.7. The monoisotopic (exact) mass is 277 g/mol. The van der Waals surface area contributed by atoms with E-state index in [4.69, 9.17) is 5.11 Å². The van der Waals surface area contributed by atoms with Crippen LogP contribution in [0.5, 0.6) is 0 Å². The molecule has 2 rings (SSSR count). The largest absolute Gasteiger partial charge is 0.478 e. The molecule has 20 heavy (non-hydrogen) atoms. The number of carboxylic acid groups (broad SMARTS) is 1. The van der Waals surface area contributed by atoms with Gasteiger partial charge < -0.3 is 10.0 Å². The van der Waals surface area contributed by atoms with Crippen molar-refractivity contribution >= 4 is 17.7 Å². The molecule has 4 heteroatoms. The molecular weight excluding hydrogens is 257 g/mol. The Morgan fingerprint density at radius 2 is 2.20 bits per heavy atom. The third-order valence-corrected chi connectivity index (χ3v) is 3.76. The van der Waals surface area contributed by atoms with Crippen LogP contribution in [0.2, 0.25) is 0 Å². The quantitative estimate of drug-likeness (QED) is 0.857. The van der Waals surface area contributed by atoms with Gasteiger partial charge in [0.2, 0.25) is 0 Å². The summed E-state index contributed by atoms with van der Waals surface area (Å²) in [4.78, 5) is 12.7. The van der Waals surface area contributed by atoms with Crippen LogP contribution in [0.25, 0.3) is 6.08 Å². The standard InChI is InChI=1S/C16H20FNO2/c1-12-6-3-2-4-11-18(12)16-13(9-10-15(19)20)7-5-8-14(16)17/h5,7-10,12H,2-4,6,11H2,1H3,(H,19,20)/b10-9+. The molecule has 0 radical (unpaired) electrons. The molecule has 0 amide bonds. The third kappa shape index (κ3) is 3.38. The van der Waals surface area contributed by atoms with E-state index in [1.807, 2.05) is 0 Å². The van der Waals surface area contributed by atoms with E-state index >= 15 is 0 Å². The predicted molar refractivity (Wildman–Crippen MR) is 78.3 cm³/mol. The van der Waals surface area contributed by atoms with Gasteiger partial charge in [-0.1, -0.05) is 25.0 Å². The molecule has 1 atom stereocenters. The summed E-state index contributed by atoms with van der Waals surface area (Å²) in [7, 11) is 0. The molecule has 1 aromatic carbocycles. The van der Waals surface area contributed by atoms with Crippen molar-refractivity contribution in [1.82, 2.24) is 0 Å². The molecule has 1 fully saturated rings. The lowest BCUT2D eigenvalue weighted by atomic mass is 10.1. The number of hydrogen-bond donors (Lipinski definition) is 1. The molecule has 0 bridgehead atoms. The summed E-state index contributed by atoms with van der Waals surface area (Å²) in [6.07, 6.45) is 6.93. The summed E-state index contributed by atoms with van der Waals surface area (Å²) < 4.78 is 14.2. The lowest BCUT2D eigenvalue weighted by Gasteiger charge is -2.31. The Labute approximate surface area is 118 Å². The second-order valence-corrected chi connectivity index (χ2v) is 5.24. The number of para-hydroxylation sites is 1. The Hall–Kier alpha value is -1.84. The molecule has 1 heterocycles. The predicted octanol–water partition coefficient (Wildman–Crippen LogP) is 3.69. The van der Waals surface area contributed by atoms with Crippen LogP contribution in [0.1, 0.15) is 38.2 Å². The lowest BCUT2D eigenvalue weighted by Crippen LogP contribution is -2.33. The molecule has 0 aromatic heterocycles. The summed E-state index contributed by atoms with van der Waals surface area (Å²) in [5.74, 6) is -1.31. The number of nitrogens with zero attached hydrogens (tertiary/aromatic N) is 1. The van der Waals surface area contributed by atoms with Gasteiger partial charge in [-0.25, -0.2) is 9.18 Å². The van der Waals surface area contributed by atoms with Crippen LogP contribution < -0.4 is 4.90 Å². The fourth-order valence-electron chi connectivity index (χ4n) is 2.74. The van der Waals surface area contributed by atoms with E-state index in [9.17, 15) is 9.18 Å². The van der Waals surface area contributed by atoms with E-state index < -0.39 is 5.97 Å². The van der Waals surface area contributed by atoms with Crippen LogP contribution in [0, 0.1) is 5.82 Å². The lowest BCUT2D eigenvalue weighted by molar-refractivity contribution is -0.131. The molecule has 1 aliphatic rings. The number of carboxylic acids is 1. The van der Waals surface area contributed by atoms with Crippen molar-refractivity contribution in [3.63, 3.8) is 0 Å². The maximum absolute atomic E-state index is 14.2. The number of halogens is 1. The summed E-state index contributed by atoms with van der Waals surface area (Å²) >= 11 is 0. The fourth-order valence-corrected chi connectivity index (χ4v) is 2.74. The first-order valence-electron chi connectivity index (χ1n) is 7.06. The highest BCUT2D eigenvalue weighted by Crippen LogP contribution is 2.30. The van der Waals surface area contributed by atoms with Crippen molar-refractivity contribution in [2.24, 2.45) is 0 Å². The molecule has 1 aromatic rings. The highest BCUT2D eigenvalue weighted by molar-refractivity contribution is 5.87. The first-order valence-corrected chi connectivity index (χ1v) is 7.06. The molecular formula is C16H20FNO2. The second kappa shape index (κ2) is 6.55. The Morgan fingerprint density at radius 1 is 1.40 bits per heavy atom. The van der Waals surface area contributed by atoms with Crippen LogP contribution in [-0.4, -0.2) is 23.7 Å². The molecule has 0 saturated carbocycles. The fraction of sp³-hybridized carbons (Fsp3) is 0.438. The first-order chi connectivity index (χ1) is 9.59. The van der Waals surface area contributed by atoms with Crippen LogP contribution in [0.3, 0.4) is 0 Å². The van der Waals surface area contributed by atoms with Gasteiger partial charge in [-0.2, -0.15) is 0 Å². The van der Waals surface area contributed by atoms with Gasteiger partial charge in [-0.05, 0) is 31.9 Å². The zero-order chi connectivity index (χ0) is 14.5. The van der Waals surface area contributed by atoms with Crippen LogP contribution in [0.15, 0.2) is 24.3 Å². The minimum Gasteiger partial charge on any atom is -0.478 e. The second-order valence-electron chi connectivity index (χ2n) is 5.24. The van der Waals surface area contributed by atoms with Gasteiger partial charge in [-0.3, -0.25) is 0 Å². The number of benzene rings is 1. The van der Waals surface area contributed by atoms with Crippen LogP contribution >= 0.6 is 0 Å². The maximum atomic E-state index is 14.2. The zero-order valence-corrected chi connectivity index (χ0v) is 11.7. The molecule has 1 aliphatic heterocycles. The third-order valence-electron chi connectivity index (χ3n) is 3.76. The molecule has 1 N–H and O–H groups in total. The Balaban J connectivity index is 2.40. The average molecular weight is 277 g/mol. The van der Waals surface area contributed by atoms with Crippen molar-refractivity contribution in [1.29, 1.82) is 0 Å². The summed E-state index contributed by atoms with van der Waals surface area (Å²) in [5.41, 5.74) is 1.15. The highest BCUT2D eigenvalue weighted by Gasteiger charge is 2.21. The van der Waals surface area contributed by atoms with E-state index in [2.05, 4.69) is 11.8 Å². The van der Waals surface area contributed by atoms with E-state index in [-0.39, 0.29) is 11.9 Å². The molecule has 0 spiro atoms. The smallest absolute Gasteiger partial charge is 0.328 e. The van der Waals surface area contributed by atoms with E-state index in [1.54, 1.807) is 12.1 Å². The molecule has 3 nitrogen and oxygen atoms in total. The number of rotatable bonds is 3. The summed E-state index contributed by atoms with van der Waals surface area (Å²) in [5, 5.41) is 8.75. The molecule has 1 saturated heterocycles. The normalized spacial score (nSPS) is 20.1. The first kappa shape index (κ1) is 14.6. The highest BCUT2D eigenvalue weighted by atomic mass is 19.1. The van der Waals surface area contributed by atoms with Gasteiger partial charge in [0.15, 0.2) is 0 Å². The van der Waals surface area contributed by atoms with Crippen molar-refractivity contribution in [2.75, 3.05) is 11.4 Å². The van der Waals surface area contributed by atoms with E-state index in [0.717, 1.165) is 38.3 Å². The van der Waals surface area contributed by atoms with Crippen LogP contribution in [0.4, 0.5) is 10.1 Å². The van der Waals surface area contributed by atoms with Gasteiger partial charge in [0.25, 0.3) is 0 Å². The van der Waals surface area contributed by atoms with Crippen molar-refractivity contribution < 1.29 is 14.3 Å². The molecule has 1 unspecified atom stereocenters. The van der Waals surface area contributed by atoms with Gasteiger partial charge in [0.05, 0.1) is 5.69 Å². The van der Waals surface area contributed by atoms with Crippen molar-refractivity contribution in [2.45, 2.75) is 38.6 Å². The number of carbonyl (C=O) groups is 1. The van der Waals surface area contributed by atoms with Crippen molar-refractivity contribution in [3.05, 3.63) is 35.7 Å². The Kier molecular flexibility index (Phi) is 4.77. The number of aliphatic carboxylic acids is 1. The van der Waals surface area contributed by atoms with Gasteiger partial charge >= 0.3 is 5.97 Å². The topological polar surface area (TPSA) is 40.5 Å². The van der Waals surface area contributed by atoms with Gasteiger partial charge in [0.1, 0.15) is 5.82 Å². The number of anilines is 1. The average Bonchev–Trinajstić information content (AvgIpc) is 2.61. The minimum absolute atomic E-state index is 0.270.